The van der Waals surface area contributed by atoms with Crippen molar-refractivity contribution in [1.82, 2.24) is 20.2 Å². The predicted octanol–water partition coefficient (Wildman–Crippen LogP) is 0.677. The van der Waals surface area contributed by atoms with Crippen molar-refractivity contribution < 1.29 is 4.79 Å². The first-order valence-corrected chi connectivity index (χ1v) is 7.10. The van der Waals surface area contributed by atoms with Crippen molar-refractivity contribution in [2.45, 2.75) is 19.8 Å². The van der Waals surface area contributed by atoms with Crippen molar-refractivity contribution in [1.29, 1.82) is 0 Å². The lowest BCUT2D eigenvalue weighted by molar-refractivity contribution is 0.0946. The van der Waals surface area contributed by atoms with Crippen LogP contribution in [0.4, 0.5) is 5.95 Å². The highest BCUT2D eigenvalue weighted by Gasteiger charge is 2.17. The zero-order valence-corrected chi connectivity index (χ0v) is 12.5. The zero-order chi connectivity index (χ0) is 14.5. The van der Waals surface area contributed by atoms with Crippen LogP contribution in [0.2, 0.25) is 0 Å². The van der Waals surface area contributed by atoms with Gasteiger partial charge in [0.2, 0.25) is 5.95 Å². The number of rotatable bonds is 5. The Kier molecular flexibility index (Phi) is 4.89. The Morgan fingerprint density at radius 3 is 2.70 bits per heavy atom. The maximum absolute atomic E-state index is 12.1. The first kappa shape index (κ1) is 14.7. The van der Waals surface area contributed by atoms with E-state index >= 15 is 0 Å². The number of anilines is 1. The average molecular weight is 277 g/mol. The number of hydrogen-bond donors (Lipinski definition) is 1. The minimum atomic E-state index is -0.127. The molecule has 1 aromatic heterocycles. The SMILES string of the molecule is Cc1cc(C(=O)NCCN(C)C)nc(N2CCCC2)n1. The second kappa shape index (κ2) is 6.65. The molecule has 2 heterocycles. The minimum Gasteiger partial charge on any atom is -0.349 e. The highest BCUT2D eigenvalue weighted by atomic mass is 16.1. The van der Waals surface area contributed by atoms with Crippen LogP contribution in [0.5, 0.6) is 0 Å². The van der Waals surface area contributed by atoms with Gasteiger partial charge in [0, 0.05) is 31.9 Å². The van der Waals surface area contributed by atoms with E-state index in [2.05, 4.69) is 20.2 Å². The van der Waals surface area contributed by atoms with Gasteiger partial charge in [-0.1, -0.05) is 0 Å². The van der Waals surface area contributed by atoms with E-state index in [0.717, 1.165) is 25.3 Å². The lowest BCUT2D eigenvalue weighted by Crippen LogP contribution is -2.32. The second-order valence-corrected chi connectivity index (χ2v) is 5.45. The lowest BCUT2D eigenvalue weighted by atomic mass is 10.3. The normalized spacial score (nSPS) is 14.9. The summed E-state index contributed by atoms with van der Waals surface area (Å²) in [5, 5.41) is 2.89. The summed E-state index contributed by atoms with van der Waals surface area (Å²) in [4.78, 5) is 25.1. The summed E-state index contributed by atoms with van der Waals surface area (Å²) in [5.41, 5.74) is 1.29. The molecule has 0 unspecified atom stereocenters. The van der Waals surface area contributed by atoms with Crippen molar-refractivity contribution in [3.05, 3.63) is 17.5 Å². The number of aryl methyl sites for hydroxylation is 1. The molecule has 0 bridgehead atoms. The molecular formula is C14H23N5O. The van der Waals surface area contributed by atoms with E-state index in [1.54, 1.807) is 6.07 Å². The van der Waals surface area contributed by atoms with E-state index in [9.17, 15) is 4.79 Å². The van der Waals surface area contributed by atoms with E-state index in [0.29, 0.717) is 18.2 Å². The maximum Gasteiger partial charge on any atom is 0.270 e. The molecule has 0 aromatic carbocycles. The summed E-state index contributed by atoms with van der Waals surface area (Å²) >= 11 is 0. The molecule has 0 spiro atoms. The highest BCUT2D eigenvalue weighted by molar-refractivity contribution is 5.92. The number of carbonyl (C=O) groups excluding carboxylic acids is 1. The standard InChI is InChI=1S/C14H23N5O/c1-11-10-12(13(20)15-6-9-18(2)3)17-14(16-11)19-7-4-5-8-19/h10H,4-9H2,1-3H3,(H,15,20). The van der Waals surface area contributed by atoms with E-state index in [1.165, 1.54) is 12.8 Å². The Hall–Kier alpha value is -1.69. The third kappa shape index (κ3) is 3.90. The molecule has 1 aliphatic heterocycles. The van der Waals surface area contributed by atoms with Crippen LogP contribution in [-0.4, -0.2) is 61.0 Å². The number of carbonyl (C=O) groups is 1. The zero-order valence-electron chi connectivity index (χ0n) is 12.5. The second-order valence-electron chi connectivity index (χ2n) is 5.45. The molecule has 6 nitrogen and oxygen atoms in total. The molecule has 110 valence electrons. The molecule has 0 saturated carbocycles. The summed E-state index contributed by atoms with van der Waals surface area (Å²) in [5.74, 6) is 0.554. The lowest BCUT2D eigenvalue weighted by Gasteiger charge is -2.16. The van der Waals surface area contributed by atoms with E-state index in [1.807, 2.05) is 25.9 Å². The molecule has 1 aromatic rings. The molecule has 1 aliphatic rings. The number of nitrogens with one attached hydrogen (secondary N) is 1. The summed E-state index contributed by atoms with van der Waals surface area (Å²) < 4.78 is 0. The minimum absolute atomic E-state index is 0.127. The Morgan fingerprint density at radius 2 is 2.05 bits per heavy atom. The smallest absolute Gasteiger partial charge is 0.270 e. The largest absolute Gasteiger partial charge is 0.349 e. The van der Waals surface area contributed by atoms with E-state index < -0.39 is 0 Å². The van der Waals surface area contributed by atoms with Crippen LogP contribution in [-0.2, 0) is 0 Å². The molecule has 20 heavy (non-hydrogen) atoms. The molecule has 1 saturated heterocycles. The van der Waals surface area contributed by atoms with Gasteiger partial charge in [0.15, 0.2) is 0 Å². The van der Waals surface area contributed by atoms with Gasteiger partial charge in [-0.25, -0.2) is 9.97 Å². The number of likely N-dealkylation sites (N-methyl/N-ethyl adjacent to an activating group) is 1. The van der Waals surface area contributed by atoms with Crippen LogP contribution in [0, 0.1) is 6.92 Å². The topological polar surface area (TPSA) is 61.4 Å². The maximum atomic E-state index is 12.1. The van der Waals surface area contributed by atoms with Gasteiger partial charge in [-0.3, -0.25) is 4.79 Å². The van der Waals surface area contributed by atoms with Crippen molar-refractivity contribution in [3.63, 3.8) is 0 Å². The van der Waals surface area contributed by atoms with Gasteiger partial charge in [0.1, 0.15) is 5.69 Å². The van der Waals surface area contributed by atoms with Crippen LogP contribution < -0.4 is 10.2 Å². The van der Waals surface area contributed by atoms with Crippen LogP contribution in [0.3, 0.4) is 0 Å². The van der Waals surface area contributed by atoms with E-state index in [4.69, 9.17) is 0 Å². The van der Waals surface area contributed by atoms with Gasteiger partial charge in [-0.2, -0.15) is 0 Å². The fourth-order valence-electron chi connectivity index (χ4n) is 2.21. The third-order valence-electron chi connectivity index (χ3n) is 3.31. The number of hydrogen-bond acceptors (Lipinski definition) is 5. The van der Waals surface area contributed by atoms with Gasteiger partial charge in [-0.15, -0.1) is 0 Å². The van der Waals surface area contributed by atoms with Gasteiger partial charge in [-0.05, 0) is 39.9 Å². The molecule has 1 fully saturated rings. The molecule has 0 radical (unpaired) electrons. The summed E-state index contributed by atoms with van der Waals surface area (Å²) in [7, 11) is 3.96. The molecule has 0 aliphatic carbocycles. The predicted molar refractivity (Wildman–Crippen MR) is 79.1 cm³/mol. The van der Waals surface area contributed by atoms with Gasteiger partial charge in [0.25, 0.3) is 5.91 Å². The monoisotopic (exact) mass is 277 g/mol. The van der Waals surface area contributed by atoms with Gasteiger partial charge >= 0.3 is 0 Å². The molecular weight excluding hydrogens is 254 g/mol. The van der Waals surface area contributed by atoms with Crippen molar-refractivity contribution in [2.75, 3.05) is 45.2 Å². The Labute approximate surface area is 120 Å². The fourth-order valence-corrected chi connectivity index (χ4v) is 2.21. The third-order valence-corrected chi connectivity index (χ3v) is 3.31. The summed E-state index contributed by atoms with van der Waals surface area (Å²) in [6.07, 6.45) is 2.34. The quantitative estimate of drug-likeness (QED) is 0.857. The first-order chi connectivity index (χ1) is 9.56. The van der Waals surface area contributed by atoms with Crippen LogP contribution >= 0.6 is 0 Å². The first-order valence-electron chi connectivity index (χ1n) is 7.10. The van der Waals surface area contributed by atoms with Crippen molar-refractivity contribution in [2.24, 2.45) is 0 Å². The fraction of sp³-hybridized carbons (Fsp3) is 0.643. The summed E-state index contributed by atoms with van der Waals surface area (Å²) in [6, 6.07) is 1.74. The van der Waals surface area contributed by atoms with Crippen molar-refractivity contribution in [3.8, 4) is 0 Å². The molecule has 1 N–H and O–H groups in total. The molecule has 6 heteroatoms. The number of aromatic nitrogens is 2. The Bertz CT molecular complexity index is 469. The number of nitrogens with zero attached hydrogens (tertiary/aromatic N) is 4. The highest BCUT2D eigenvalue weighted by Crippen LogP contribution is 2.16. The van der Waals surface area contributed by atoms with Crippen LogP contribution in [0.25, 0.3) is 0 Å². The van der Waals surface area contributed by atoms with E-state index in [-0.39, 0.29) is 5.91 Å². The molecule has 2 rings (SSSR count). The Morgan fingerprint density at radius 1 is 1.35 bits per heavy atom. The molecule has 0 atom stereocenters. The average Bonchev–Trinajstić information content (AvgIpc) is 2.91. The Balaban J connectivity index is 2.05. The van der Waals surface area contributed by atoms with Crippen LogP contribution in [0.1, 0.15) is 29.0 Å². The molecule has 1 amide bonds. The van der Waals surface area contributed by atoms with Crippen LogP contribution in [0.15, 0.2) is 6.07 Å². The summed E-state index contributed by atoms with van der Waals surface area (Å²) in [6.45, 7) is 5.29. The van der Waals surface area contributed by atoms with Gasteiger partial charge in [0.05, 0.1) is 0 Å². The number of amides is 1. The van der Waals surface area contributed by atoms with Crippen molar-refractivity contribution >= 4 is 11.9 Å². The van der Waals surface area contributed by atoms with Gasteiger partial charge < -0.3 is 15.1 Å².